The molecule has 552 valence electrons. The third-order valence-corrected chi connectivity index (χ3v) is 19.0. The zero-order chi connectivity index (χ0) is 68.7. The lowest BCUT2D eigenvalue weighted by Gasteiger charge is -2.21. The van der Waals surface area contributed by atoms with E-state index in [1.54, 1.807) is 0 Å². The number of ether oxygens (including phenoxy) is 4. The molecule has 0 aliphatic carbocycles. The summed E-state index contributed by atoms with van der Waals surface area (Å²) in [5.74, 6) is 0.105. The van der Waals surface area contributed by atoms with Crippen LogP contribution in [-0.2, 0) is 65.4 Å². The van der Waals surface area contributed by atoms with Gasteiger partial charge in [0.1, 0.15) is 19.3 Å². The number of phosphoric acid groups is 2. The maximum atomic E-state index is 13.1. The van der Waals surface area contributed by atoms with Gasteiger partial charge in [0.25, 0.3) is 0 Å². The number of esters is 4. The Balaban J connectivity index is 5.25. The minimum atomic E-state index is -4.96. The lowest BCUT2D eigenvalue weighted by atomic mass is 10.0. The van der Waals surface area contributed by atoms with Crippen molar-refractivity contribution in [1.29, 1.82) is 0 Å². The van der Waals surface area contributed by atoms with Crippen LogP contribution in [0.3, 0.4) is 0 Å². The molecule has 19 heteroatoms. The van der Waals surface area contributed by atoms with E-state index in [9.17, 15) is 43.2 Å². The largest absolute Gasteiger partial charge is 0.472 e. The Kier molecular flexibility index (Phi) is 63.4. The van der Waals surface area contributed by atoms with Crippen molar-refractivity contribution < 1.29 is 80.2 Å². The van der Waals surface area contributed by atoms with Gasteiger partial charge in [0.2, 0.25) is 0 Å². The molecule has 0 aliphatic rings. The molecule has 0 aromatic rings. The van der Waals surface area contributed by atoms with E-state index in [4.69, 9.17) is 37.0 Å². The second-order valence-corrected chi connectivity index (χ2v) is 31.0. The number of hydrogen-bond donors (Lipinski definition) is 3. The molecule has 17 nitrogen and oxygen atoms in total. The molecule has 0 bridgehead atoms. The standard InChI is InChI=1S/C74H144O17P2/c1-8-9-10-11-12-13-14-15-16-17-18-23-26-36-43-50-57-73(78)90-69(61-84-71(76)55-48-41-34-25-22-20-19-21-24-31-38-45-52-65(2)3)63-88-92(80,81)86-59-68(75)60-87-93(82,83)89-64-70(91-74(79)58-51-44-37-30-28-33-40-47-54-67(6)7)62-85-72(77)56-49-42-35-29-27-32-39-46-53-66(4)5/h65-70,75H,8-64H2,1-7H3,(H,80,81)(H,82,83)/t68-,69-,70-/m1/s1. The Morgan fingerprint density at radius 1 is 0.290 bits per heavy atom. The summed E-state index contributed by atoms with van der Waals surface area (Å²) in [4.78, 5) is 72.7. The number of hydrogen-bond acceptors (Lipinski definition) is 15. The van der Waals surface area contributed by atoms with E-state index in [0.29, 0.717) is 25.7 Å². The molecule has 0 aliphatic heterocycles. The first kappa shape index (κ1) is 91.1. The molecule has 0 heterocycles. The number of carbonyl (C=O) groups is 4. The highest BCUT2D eigenvalue weighted by molar-refractivity contribution is 7.47. The highest BCUT2D eigenvalue weighted by Crippen LogP contribution is 2.45. The first-order chi connectivity index (χ1) is 44.7. The van der Waals surface area contributed by atoms with Crippen molar-refractivity contribution in [3.8, 4) is 0 Å². The SMILES string of the molecule is CCCCCCCCCCCCCCCCCCC(=O)O[C@H](COC(=O)CCCCCCCCCCCCCCC(C)C)COP(=O)(O)OC[C@@H](O)COP(=O)(O)OC[C@@H](COC(=O)CCCCCCCCCCC(C)C)OC(=O)CCCCCCCCCCC(C)C. The minimum Gasteiger partial charge on any atom is -0.462 e. The van der Waals surface area contributed by atoms with E-state index >= 15 is 0 Å². The van der Waals surface area contributed by atoms with Gasteiger partial charge in [-0.2, -0.15) is 0 Å². The molecule has 2 unspecified atom stereocenters. The number of phosphoric ester groups is 2. The zero-order valence-electron chi connectivity index (χ0n) is 60.7. The first-order valence-corrected chi connectivity index (χ1v) is 41.3. The molecule has 5 atom stereocenters. The van der Waals surface area contributed by atoms with E-state index in [2.05, 4.69) is 48.5 Å². The predicted octanol–water partition coefficient (Wildman–Crippen LogP) is 21.4. The molecule has 0 spiro atoms. The van der Waals surface area contributed by atoms with Crippen LogP contribution in [0.4, 0.5) is 0 Å². The minimum absolute atomic E-state index is 0.104. The molecule has 0 fully saturated rings. The average molecular weight is 1370 g/mol. The van der Waals surface area contributed by atoms with Gasteiger partial charge >= 0.3 is 39.5 Å². The number of rotatable bonds is 72. The van der Waals surface area contributed by atoms with Gasteiger partial charge in [-0.25, -0.2) is 9.13 Å². The molecule has 0 rings (SSSR count). The zero-order valence-corrected chi connectivity index (χ0v) is 62.5. The summed E-state index contributed by atoms with van der Waals surface area (Å²) < 4.78 is 68.4. The van der Waals surface area contributed by atoms with Crippen molar-refractivity contribution in [3.63, 3.8) is 0 Å². The molecule has 0 radical (unpaired) electrons. The Hall–Kier alpha value is -1.94. The highest BCUT2D eigenvalue weighted by Gasteiger charge is 2.30. The molecule has 0 aromatic heterocycles. The van der Waals surface area contributed by atoms with E-state index in [1.165, 1.54) is 186 Å². The lowest BCUT2D eigenvalue weighted by Crippen LogP contribution is -2.30. The highest BCUT2D eigenvalue weighted by atomic mass is 31.2. The Bertz CT molecular complexity index is 1820. The molecule has 0 saturated carbocycles. The van der Waals surface area contributed by atoms with Crippen LogP contribution in [-0.4, -0.2) is 96.7 Å². The van der Waals surface area contributed by atoms with Crippen LogP contribution in [0.1, 0.15) is 376 Å². The Labute approximate surface area is 568 Å². The smallest absolute Gasteiger partial charge is 0.462 e. The number of unbranched alkanes of at least 4 members (excludes halogenated alkanes) is 40. The summed E-state index contributed by atoms with van der Waals surface area (Å²) in [6.07, 6.45) is 50.0. The number of aliphatic hydroxyl groups excluding tert-OH is 1. The third kappa shape index (κ3) is 68.4. The van der Waals surface area contributed by atoms with Crippen LogP contribution in [0, 0.1) is 17.8 Å². The fraction of sp³-hybridized carbons (Fsp3) is 0.946. The molecular formula is C74H144O17P2. The number of carbonyl (C=O) groups excluding carboxylic acids is 4. The van der Waals surface area contributed by atoms with Crippen molar-refractivity contribution in [2.24, 2.45) is 17.8 Å². The van der Waals surface area contributed by atoms with Crippen LogP contribution in [0.15, 0.2) is 0 Å². The Morgan fingerprint density at radius 2 is 0.495 bits per heavy atom. The maximum Gasteiger partial charge on any atom is 0.472 e. The summed E-state index contributed by atoms with van der Waals surface area (Å²) in [7, 11) is -9.91. The van der Waals surface area contributed by atoms with Gasteiger partial charge in [-0.05, 0) is 43.4 Å². The van der Waals surface area contributed by atoms with Crippen molar-refractivity contribution in [1.82, 2.24) is 0 Å². The van der Waals surface area contributed by atoms with E-state index in [1.807, 2.05) is 0 Å². The fourth-order valence-electron chi connectivity index (χ4n) is 11.2. The Morgan fingerprint density at radius 3 is 0.731 bits per heavy atom. The molecule has 0 aromatic carbocycles. The number of aliphatic hydroxyl groups is 1. The second kappa shape index (κ2) is 64.7. The van der Waals surface area contributed by atoms with E-state index in [0.717, 1.165) is 108 Å². The topological polar surface area (TPSA) is 237 Å². The quantitative estimate of drug-likeness (QED) is 0.0222. The normalized spacial score (nSPS) is 14.1. The van der Waals surface area contributed by atoms with Crippen molar-refractivity contribution in [2.45, 2.75) is 394 Å². The van der Waals surface area contributed by atoms with Crippen LogP contribution in [0.5, 0.6) is 0 Å². The van der Waals surface area contributed by atoms with Crippen molar-refractivity contribution >= 4 is 39.5 Å². The van der Waals surface area contributed by atoms with Crippen molar-refractivity contribution in [3.05, 3.63) is 0 Å². The summed E-state index contributed by atoms with van der Waals surface area (Å²) in [5.41, 5.74) is 0. The average Bonchev–Trinajstić information content (AvgIpc) is 3.73. The monoisotopic (exact) mass is 1370 g/mol. The third-order valence-electron chi connectivity index (χ3n) is 17.1. The van der Waals surface area contributed by atoms with Gasteiger partial charge in [0.05, 0.1) is 26.4 Å². The molecule has 3 N–H and O–H groups in total. The van der Waals surface area contributed by atoms with Gasteiger partial charge in [-0.3, -0.25) is 37.3 Å². The van der Waals surface area contributed by atoms with Gasteiger partial charge in [0, 0.05) is 25.7 Å². The maximum absolute atomic E-state index is 13.1. The summed E-state index contributed by atoms with van der Waals surface area (Å²) in [6.45, 7) is 11.8. The van der Waals surface area contributed by atoms with Gasteiger partial charge in [-0.1, -0.05) is 325 Å². The van der Waals surface area contributed by atoms with Gasteiger partial charge in [0.15, 0.2) is 12.2 Å². The first-order valence-electron chi connectivity index (χ1n) is 38.3. The molecular weight excluding hydrogens is 1220 g/mol. The summed E-state index contributed by atoms with van der Waals surface area (Å²) >= 11 is 0. The molecule has 0 amide bonds. The molecule has 93 heavy (non-hydrogen) atoms. The van der Waals surface area contributed by atoms with Crippen LogP contribution in [0.2, 0.25) is 0 Å². The van der Waals surface area contributed by atoms with Crippen molar-refractivity contribution in [2.75, 3.05) is 39.6 Å². The van der Waals surface area contributed by atoms with Crippen LogP contribution < -0.4 is 0 Å². The van der Waals surface area contributed by atoms with Crippen LogP contribution >= 0.6 is 15.6 Å². The van der Waals surface area contributed by atoms with Gasteiger partial charge in [-0.15, -0.1) is 0 Å². The molecule has 0 saturated heterocycles. The van der Waals surface area contributed by atoms with Gasteiger partial charge < -0.3 is 33.8 Å². The predicted molar refractivity (Wildman–Crippen MR) is 377 cm³/mol. The second-order valence-electron chi connectivity index (χ2n) is 28.1. The lowest BCUT2D eigenvalue weighted by molar-refractivity contribution is -0.161. The summed E-state index contributed by atoms with van der Waals surface area (Å²) in [6, 6.07) is 0. The van der Waals surface area contributed by atoms with E-state index < -0.39 is 97.5 Å². The van der Waals surface area contributed by atoms with Crippen LogP contribution in [0.25, 0.3) is 0 Å². The fourth-order valence-corrected chi connectivity index (χ4v) is 12.8. The summed E-state index contributed by atoms with van der Waals surface area (Å²) in [5, 5.41) is 10.6. The van der Waals surface area contributed by atoms with E-state index in [-0.39, 0.29) is 25.7 Å².